The highest BCUT2D eigenvalue weighted by atomic mass is 35.5. The second kappa shape index (κ2) is 8.57. The first-order valence-corrected chi connectivity index (χ1v) is 9.84. The molecule has 0 saturated heterocycles. The summed E-state index contributed by atoms with van der Waals surface area (Å²) in [5.41, 5.74) is 1.99. The third-order valence-corrected chi connectivity index (χ3v) is 5.48. The summed E-state index contributed by atoms with van der Waals surface area (Å²) in [5, 5.41) is 6.53. The van der Waals surface area contributed by atoms with Crippen LogP contribution in [0.3, 0.4) is 0 Å². The molecule has 2 amide bonds. The summed E-state index contributed by atoms with van der Waals surface area (Å²) >= 11 is 6.17. The minimum atomic E-state index is -0.512. The van der Waals surface area contributed by atoms with Crippen LogP contribution in [0.2, 0.25) is 5.02 Å². The lowest BCUT2D eigenvalue weighted by Crippen LogP contribution is -2.42. The summed E-state index contributed by atoms with van der Waals surface area (Å²) in [5.74, 6) is -0.0671. The van der Waals surface area contributed by atoms with Gasteiger partial charge in [-0.1, -0.05) is 48.7 Å². The maximum Gasteiger partial charge on any atom is 0.251 e. The van der Waals surface area contributed by atoms with Gasteiger partial charge in [0.05, 0.1) is 5.41 Å². The Kier molecular flexibility index (Phi) is 6.17. The van der Waals surface area contributed by atoms with Gasteiger partial charge in [-0.3, -0.25) is 9.59 Å². The summed E-state index contributed by atoms with van der Waals surface area (Å²) in [6.07, 6.45) is 3.73. The molecule has 1 fully saturated rings. The van der Waals surface area contributed by atoms with Crippen LogP contribution in [-0.2, 0) is 16.8 Å². The predicted molar refractivity (Wildman–Crippen MR) is 108 cm³/mol. The van der Waals surface area contributed by atoms with E-state index >= 15 is 0 Å². The molecule has 4 nitrogen and oxygen atoms in total. The van der Waals surface area contributed by atoms with Crippen molar-refractivity contribution in [3.63, 3.8) is 0 Å². The minimum Gasteiger partial charge on any atom is -0.352 e. The molecule has 0 atom stereocenters. The molecule has 0 unspecified atom stereocenters. The van der Waals surface area contributed by atoms with Crippen LogP contribution < -0.4 is 10.6 Å². The van der Waals surface area contributed by atoms with Crippen molar-refractivity contribution in [3.05, 3.63) is 70.2 Å². The van der Waals surface area contributed by atoms with Gasteiger partial charge in [-0.25, -0.2) is 0 Å². The van der Waals surface area contributed by atoms with E-state index in [4.69, 9.17) is 11.6 Å². The molecule has 0 radical (unpaired) electrons. The minimum absolute atomic E-state index is 0.0330. The molecular weight excluding hydrogens is 360 g/mol. The molecule has 142 valence electrons. The van der Waals surface area contributed by atoms with Crippen LogP contribution in [0.4, 0.5) is 0 Å². The van der Waals surface area contributed by atoms with Crippen molar-refractivity contribution in [3.8, 4) is 0 Å². The first kappa shape index (κ1) is 19.4. The summed E-state index contributed by atoms with van der Waals surface area (Å²) in [4.78, 5) is 25.1. The number of nitrogens with one attached hydrogen (secondary N) is 2. The van der Waals surface area contributed by atoms with Gasteiger partial charge in [0.1, 0.15) is 0 Å². The fourth-order valence-corrected chi connectivity index (χ4v) is 4.04. The summed E-state index contributed by atoms with van der Waals surface area (Å²) in [6.45, 7) is 2.87. The maximum absolute atomic E-state index is 13.1. The summed E-state index contributed by atoms with van der Waals surface area (Å²) in [7, 11) is 0. The molecule has 1 aliphatic rings. The maximum atomic E-state index is 13.1. The zero-order valence-electron chi connectivity index (χ0n) is 15.6. The normalized spacial score (nSPS) is 15.3. The molecule has 5 heteroatoms. The number of benzene rings is 2. The van der Waals surface area contributed by atoms with Crippen molar-refractivity contribution < 1.29 is 9.59 Å². The molecule has 0 aliphatic heterocycles. The molecule has 0 heterocycles. The Morgan fingerprint density at radius 2 is 1.78 bits per heavy atom. The van der Waals surface area contributed by atoms with Crippen LogP contribution in [0.5, 0.6) is 0 Å². The van der Waals surface area contributed by atoms with E-state index in [1.807, 2.05) is 49.4 Å². The molecule has 2 N–H and O–H groups in total. The van der Waals surface area contributed by atoms with Crippen LogP contribution in [0.15, 0.2) is 48.5 Å². The van der Waals surface area contributed by atoms with Gasteiger partial charge < -0.3 is 10.6 Å². The quantitative estimate of drug-likeness (QED) is 0.783. The SMILES string of the molecule is CCNC(=O)c1cccc(CNC(=O)C2(c3cccc(Cl)c3)CCCC2)c1. The van der Waals surface area contributed by atoms with Crippen LogP contribution in [-0.4, -0.2) is 18.4 Å². The molecule has 0 aromatic heterocycles. The lowest BCUT2D eigenvalue weighted by Gasteiger charge is -2.28. The van der Waals surface area contributed by atoms with Gasteiger partial charge in [-0.15, -0.1) is 0 Å². The Morgan fingerprint density at radius 3 is 2.48 bits per heavy atom. The number of rotatable bonds is 6. The molecule has 1 aliphatic carbocycles. The van der Waals surface area contributed by atoms with Crippen molar-refractivity contribution >= 4 is 23.4 Å². The first-order chi connectivity index (χ1) is 13.0. The Bertz CT molecular complexity index is 829. The van der Waals surface area contributed by atoms with Gasteiger partial charge in [0, 0.05) is 23.7 Å². The number of hydrogen-bond donors (Lipinski definition) is 2. The molecule has 0 bridgehead atoms. The second-order valence-electron chi connectivity index (χ2n) is 7.04. The zero-order valence-corrected chi connectivity index (χ0v) is 16.3. The molecule has 2 aromatic carbocycles. The first-order valence-electron chi connectivity index (χ1n) is 9.46. The Morgan fingerprint density at radius 1 is 1.04 bits per heavy atom. The third-order valence-electron chi connectivity index (χ3n) is 5.25. The fourth-order valence-electron chi connectivity index (χ4n) is 3.85. The largest absolute Gasteiger partial charge is 0.352 e. The third kappa shape index (κ3) is 4.33. The van der Waals surface area contributed by atoms with Crippen molar-refractivity contribution in [1.29, 1.82) is 0 Å². The van der Waals surface area contributed by atoms with E-state index in [0.717, 1.165) is 36.8 Å². The Balaban J connectivity index is 1.74. The van der Waals surface area contributed by atoms with Gasteiger partial charge in [0.15, 0.2) is 0 Å². The van der Waals surface area contributed by atoms with E-state index in [9.17, 15) is 9.59 Å². The van der Waals surface area contributed by atoms with Crippen molar-refractivity contribution in [2.45, 2.75) is 44.6 Å². The van der Waals surface area contributed by atoms with Crippen molar-refractivity contribution in [2.24, 2.45) is 0 Å². The zero-order chi connectivity index (χ0) is 19.3. The summed E-state index contributed by atoms with van der Waals surface area (Å²) < 4.78 is 0. The van der Waals surface area contributed by atoms with Crippen LogP contribution >= 0.6 is 11.6 Å². The average Bonchev–Trinajstić information content (AvgIpc) is 3.18. The molecule has 1 saturated carbocycles. The van der Waals surface area contributed by atoms with Gasteiger partial charge in [0.2, 0.25) is 5.91 Å². The topological polar surface area (TPSA) is 58.2 Å². The lowest BCUT2D eigenvalue weighted by atomic mass is 9.78. The smallest absolute Gasteiger partial charge is 0.251 e. The lowest BCUT2D eigenvalue weighted by molar-refractivity contribution is -0.126. The Hall–Kier alpha value is -2.33. The number of carbonyl (C=O) groups is 2. The fraction of sp³-hybridized carbons (Fsp3) is 0.364. The van der Waals surface area contributed by atoms with E-state index in [-0.39, 0.29) is 11.8 Å². The highest BCUT2D eigenvalue weighted by Gasteiger charge is 2.42. The van der Waals surface area contributed by atoms with Crippen LogP contribution in [0, 0.1) is 0 Å². The second-order valence-corrected chi connectivity index (χ2v) is 7.48. The van der Waals surface area contributed by atoms with Crippen molar-refractivity contribution in [1.82, 2.24) is 10.6 Å². The highest BCUT2D eigenvalue weighted by molar-refractivity contribution is 6.30. The van der Waals surface area contributed by atoms with Gasteiger partial charge in [-0.05, 0) is 55.2 Å². The summed E-state index contributed by atoms with van der Waals surface area (Å²) in [6, 6.07) is 15.0. The van der Waals surface area contributed by atoms with Gasteiger partial charge in [-0.2, -0.15) is 0 Å². The van der Waals surface area contributed by atoms with Crippen LogP contribution in [0.1, 0.15) is 54.1 Å². The highest BCUT2D eigenvalue weighted by Crippen LogP contribution is 2.42. The molecule has 0 spiro atoms. The van der Waals surface area contributed by atoms with E-state index in [1.54, 1.807) is 6.07 Å². The van der Waals surface area contributed by atoms with E-state index in [0.29, 0.717) is 23.7 Å². The predicted octanol–water partition coefficient (Wildman–Crippen LogP) is 4.22. The number of hydrogen-bond acceptors (Lipinski definition) is 2. The number of amides is 2. The number of carbonyl (C=O) groups excluding carboxylic acids is 2. The molecule has 3 rings (SSSR count). The molecular formula is C22H25ClN2O2. The number of halogens is 1. The van der Waals surface area contributed by atoms with Gasteiger partial charge in [0.25, 0.3) is 5.91 Å². The van der Waals surface area contributed by atoms with E-state index in [2.05, 4.69) is 10.6 Å². The van der Waals surface area contributed by atoms with Crippen molar-refractivity contribution in [2.75, 3.05) is 6.54 Å². The van der Waals surface area contributed by atoms with Gasteiger partial charge >= 0.3 is 0 Å². The Labute approximate surface area is 165 Å². The average molecular weight is 385 g/mol. The standard InChI is InChI=1S/C22H25ClN2O2/c1-2-24-20(26)17-8-5-7-16(13-17)15-25-21(27)22(11-3-4-12-22)18-9-6-10-19(23)14-18/h5-10,13-14H,2-4,11-12,15H2,1H3,(H,24,26)(H,25,27). The van der Waals surface area contributed by atoms with E-state index < -0.39 is 5.41 Å². The molecule has 2 aromatic rings. The monoisotopic (exact) mass is 384 g/mol. The molecule has 27 heavy (non-hydrogen) atoms. The van der Waals surface area contributed by atoms with Crippen LogP contribution in [0.25, 0.3) is 0 Å². The van der Waals surface area contributed by atoms with E-state index in [1.165, 1.54) is 0 Å².